The van der Waals surface area contributed by atoms with Gasteiger partial charge < -0.3 is 5.32 Å². The van der Waals surface area contributed by atoms with E-state index < -0.39 is 0 Å². The molecule has 0 bridgehead atoms. The van der Waals surface area contributed by atoms with E-state index in [1.54, 1.807) is 0 Å². The first kappa shape index (κ1) is 18.0. The lowest BCUT2D eigenvalue weighted by atomic mass is 10.1. The van der Waals surface area contributed by atoms with Gasteiger partial charge in [0.2, 0.25) is 5.91 Å². The molecule has 1 unspecified atom stereocenters. The maximum Gasteiger partial charge on any atom is 0.220 e. The summed E-state index contributed by atoms with van der Waals surface area (Å²) < 4.78 is 0. The Morgan fingerprint density at radius 3 is 2.43 bits per heavy atom. The molecule has 0 aliphatic rings. The minimum atomic E-state index is 0.0293. The lowest BCUT2D eigenvalue weighted by Crippen LogP contribution is -2.37. The van der Waals surface area contributed by atoms with Crippen LogP contribution >= 0.6 is 11.6 Å². The van der Waals surface area contributed by atoms with Crippen LogP contribution in [0.4, 0.5) is 0 Å². The monoisotopic (exact) mass is 309 g/mol. The van der Waals surface area contributed by atoms with Crippen molar-refractivity contribution in [3.05, 3.63) is 35.9 Å². The second-order valence-corrected chi connectivity index (χ2v) is 5.93. The summed E-state index contributed by atoms with van der Waals surface area (Å²) in [7, 11) is 0. The van der Waals surface area contributed by atoms with Crippen LogP contribution in [0.15, 0.2) is 30.3 Å². The molecule has 0 aromatic heterocycles. The third-order valence-corrected chi connectivity index (χ3v) is 4.01. The van der Waals surface area contributed by atoms with Gasteiger partial charge in [0.15, 0.2) is 0 Å². The standard InChI is InChI=1S/C18H28ClNO/c1-2-3-4-5-6-10-13-18(21)20-17(15-19)14-16-11-8-7-9-12-16/h7-9,11-12,17H,2-6,10,13-15H2,1H3,(H,20,21). The van der Waals surface area contributed by atoms with Crippen LogP contribution in [0.25, 0.3) is 0 Å². The number of benzene rings is 1. The fraction of sp³-hybridized carbons (Fsp3) is 0.611. The maximum absolute atomic E-state index is 11.9. The highest BCUT2D eigenvalue weighted by molar-refractivity contribution is 6.18. The fourth-order valence-electron chi connectivity index (χ4n) is 2.41. The number of amides is 1. The summed E-state index contributed by atoms with van der Waals surface area (Å²) in [5.74, 6) is 0.587. The summed E-state index contributed by atoms with van der Waals surface area (Å²) in [5.41, 5.74) is 1.21. The summed E-state index contributed by atoms with van der Waals surface area (Å²) in [6, 6.07) is 10.2. The van der Waals surface area contributed by atoms with Crippen LogP contribution in [0.2, 0.25) is 0 Å². The maximum atomic E-state index is 11.9. The number of unbranched alkanes of at least 4 members (excludes halogenated alkanes) is 5. The highest BCUT2D eigenvalue weighted by Gasteiger charge is 2.11. The Kier molecular flexibility index (Phi) is 9.98. The van der Waals surface area contributed by atoms with E-state index >= 15 is 0 Å². The molecule has 21 heavy (non-hydrogen) atoms. The van der Waals surface area contributed by atoms with Crippen LogP contribution in [0, 0.1) is 0 Å². The van der Waals surface area contributed by atoms with Crippen LogP contribution in [0.3, 0.4) is 0 Å². The van der Waals surface area contributed by atoms with Crippen LogP contribution in [-0.2, 0) is 11.2 Å². The number of rotatable bonds is 11. The van der Waals surface area contributed by atoms with Crippen molar-refractivity contribution in [1.82, 2.24) is 5.32 Å². The molecule has 1 aromatic carbocycles. The molecule has 0 fully saturated rings. The quantitative estimate of drug-likeness (QED) is 0.466. The zero-order valence-corrected chi connectivity index (χ0v) is 13.9. The SMILES string of the molecule is CCCCCCCCC(=O)NC(CCl)Cc1ccccc1. The van der Waals surface area contributed by atoms with Gasteiger partial charge in [-0.15, -0.1) is 11.6 Å². The van der Waals surface area contributed by atoms with Crippen molar-refractivity contribution in [2.24, 2.45) is 0 Å². The minimum Gasteiger partial charge on any atom is -0.352 e. The molecule has 2 nitrogen and oxygen atoms in total. The van der Waals surface area contributed by atoms with Gasteiger partial charge in [0.05, 0.1) is 0 Å². The number of nitrogens with one attached hydrogen (secondary N) is 1. The van der Waals surface area contributed by atoms with Gasteiger partial charge in [-0.05, 0) is 18.4 Å². The summed E-state index contributed by atoms with van der Waals surface area (Å²) in [6.07, 6.45) is 8.64. The third-order valence-electron chi connectivity index (χ3n) is 3.63. The molecule has 1 atom stereocenters. The molecule has 0 saturated heterocycles. The highest BCUT2D eigenvalue weighted by atomic mass is 35.5. The number of carbonyl (C=O) groups excluding carboxylic acids is 1. The van der Waals surface area contributed by atoms with Crippen molar-refractivity contribution in [1.29, 1.82) is 0 Å². The van der Waals surface area contributed by atoms with Crippen LogP contribution < -0.4 is 5.32 Å². The van der Waals surface area contributed by atoms with Crippen molar-refractivity contribution >= 4 is 17.5 Å². The molecule has 1 N–H and O–H groups in total. The number of hydrogen-bond donors (Lipinski definition) is 1. The van der Waals surface area contributed by atoms with Gasteiger partial charge in [-0.25, -0.2) is 0 Å². The van der Waals surface area contributed by atoms with E-state index in [0.29, 0.717) is 12.3 Å². The molecule has 0 saturated carbocycles. The number of halogens is 1. The van der Waals surface area contributed by atoms with Gasteiger partial charge in [0.1, 0.15) is 0 Å². The molecular formula is C18H28ClNO. The second-order valence-electron chi connectivity index (χ2n) is 5.63. The summed E-state index contributed by atoms with van der Waals surface area (Å²) >= 11 is 5.97. The largest absolute Gasteiger partial charge is 0.352 e. The molecule has 1 aromatic rings. The molecule has 1 rings (SSSR count). The molecule has 0 aliphatic heterocycles. The first-order valence-electron chi connectivity index (χ1n) is 8.15. The van der Waals surface area contributed by atoms with Gasteiger partial charge in [0.25, 0.3) is 0 Å². The number of alkyl halides is 1. The first-order valence-corrected chi connectivity index (χ1v) is 8.69. The molecule has 118 valence electrons. The number of hydrogen-bond acceptors (Lipinski definition) is 1. The molecule has 1 amide bonds. The van der Waals surface area contributed by atoms with Crippen molar-refractivity contribution in [3.8, 4) is 0 Å². The van der Waals surface area contributed by atoms with Gasteiger partial charge in [0, 0.05) is 18.3 Å². The average molecular weight is 310 g/mol. The summed E-state index contributed by atoms with van der Waals surface area (Å²) in [6.45, 7) is 2.21. The Hall–Kier alpha value is -1.02. The topological polar surface area (TPSA) is 29.1 Å². The second kappa shape index (κ2) is 11.6. The van der Waals surface area contributed by atoms with Crippen LogP contribution in [0.1, 0.15) is 57.4 Å². The zero-order valence-electron chi connectivity index (χ0n) is 13.1. The van der Waals surface area contributed by atoms with E-state index in [4.69, 9.17) is 11.6 Å². The van der Waals surface area contributed by atoms with E-state index in [-0.39, 0.29) is 11.9 Å². The van der Waals surface area contributed by atoms with Crippen molar-refractivity contribution < 1.29 is 4.79 Å². The number of carbonyl (C=O) groups is 1. The van der Waals surface area contributed by atoms with Crippen molar-refractivity contribution in [3.63, 3.8) is 0 Å². The van der Waals surface area contributed by atoms with E-state index in [1.165, 1.54) is 31.2 Å². The minimum absolute atomic E-state index is 0.0293. The Morgan fingerprint density at radius 1 is 1.10 bits per heavy atom. The normalized spacial score (nSPS) is 12.1. The van der Waals surface area contributed by atoms with Crippen LogP contribution in [-0.4, -0.2) is 17.8 Å². The molecular weight excluding hydrogens is 282 g/mol. The summed E-state index contributed by atoms with van der Waals surface area (Å²) in [4.78, 5) is 11.9. The lowest BCUT2D eigenvalue weighted by Gasteiger charge is -2.16. The Morgan fingerprint density at radius 2 is 1.76 bits per heavy atom. The first-order chi connectivity index (χ1) is 10.3. The Labute approximate surface area is 134 Å². The third kappa shape index (κ3) is 8.77. The van der Waals surface area contributed by atoms with Crippen LogP contribution in [0.5, 0.6) is 0 Å². The predicted molar refractivity (Wildman–Crippen MR) is 90.8 cm³/mol. The van der Waals surface area contributed by atoms with Gasteiger partial charge >= 0.3 is 0 Å². The fourth-order valence-corrected chi connectivity index (χ4v) is 2.59. The Bertz CT molecular complexity index is 380. The van der Waals surface area contributed by atoms with Gasteiger partial charge in [-0.3, -0.25) is 4.79 Å². The zero-order chi connectivity index (χ0) is 15.3. The van der Waals surface area contributed by atoms with E-state index in [9.17, 15) is 4.79 Å². The molecule has 0 heterocycles. The molecule has 0 spiro atoms. The smallest absolute Gasteiger partial charge is 0.220 e. The van der Waals surface area contributed by atoms with E-state index in [2.05, 4.69) is 24.4 Å². The molecule has 3 heteroatoms. The van der Waals surface area contributed by atoms with Gasteiger partial charge in [-0.2, -0.15) is 0 Å². The predicted octanol–water partition coefficient (Wildman–Crippen LogP) is 4.70. The Balaban J connectivity index is 2.19. The average Bonchev–Trinajstić information content (AvgIpc) is 2.51. The van der Waals surface area contributed by atoms with E-state index in [0.717, 1.165) is 19.3 Å². The van der Waals surface area contributed by atoms with Gasteiger partial charge in [-0.1, -0.05) is 69.4 Å². The van der Waals surface area contributed by atoms with Crippen molar-refractivity contribution in [2.45, 2.75) is 64.3 Å². The molecule has 0 aliphatic carbocycles. The highest BCUT2D eigenvalue weighted by Crippen LogP contribution is 2.08. The molecule has 0 radical (unpaired) electrons. The lowest BCUT2D eigenvalue weighted by molar-refractivity contribution is -0.121. The summed E-state index contributed by atoms with van der Waals surface area (Å²) in [5, 5.41) is 3.05. The van der Waals surface area contributed by atoms with Crippen molar-refractivity contribution in [2.75, 3.05) is 5.88 Å². The van der Waals surface area contributed by atoms with E-state index in [1.807, 2.05) is 18.2 Å².